The second-order valence-corrected chi connectivity index (χ2v) is 5.30. The van der Waals surface area contributed by atoms with E-state index in [0.29, 0.717) is 28.2 Å². The van der Waals surface area contributed by atoms with Crippen molar-refractivity contribution in [3.63, 3.8) is 0 Å². The van der Waals surface area contributed by atoms with Crippen LogP contribution in [-0.4, -0.2) is 52.4 Å². The summed E-state index contributed by atoms with van der Waals surface area (Å²) in [6, 6.07) is 2.48. The van der Waals surface area contributed by atoms with Crippen LogP contribution in [0.5, 0.6) is 11.5 Å². The average molecular weight is 291 g/mol. The van der Waals surface area contributed by atoms with Crippen molar-refractivity contribution in [2.45, 2.75) is 24.4 Å². The maximum atomic E-state index is 12.2. The number of nitrogens with one attached hydrogen (secondary N) is 1. The normalized spacial score (nSPS) is 32.9. The molecule has 0 radical (unpaired) electrons. The monoisotopic (exact) mass is 291 g/mol. The molecule has 3 aliphatic rings. The highest BCUT2D eigenvalue weighted by Crippen LogP contribution is 2.41. The van der Waals surface area contributed by atoms with Gasteiger partial charge in [-0.1, -0.05) is 0 Å². The van der Waals surface area contributed by atoms with Crippen LogP contribution in [0, 0.1) is 0 Å². The number of benzene rings is 1. The third kappa shape index (κ3) is 1.68. The fraction of sp³-hybridized carbons (Fsp3) is 0.357. The molecule has 0 spiro atoms. The molecule has 4 atom stereocenters. The fourth-order valence-electron chi connectivity index (χ4n) is 2.98. The number of aliphatic hydroxyl groups excluding tert-OH is 3. The maximum absolute atomic E-state index is 12.2. The minimum atomic E-state index is -1.34. The van der Waals surface area contributed by atoms with Gasteiger partial charge in [-0.2, -0.15) is 0 Å². The van der Waals surface area contributed by atoms with Crippen LogP contribution in [0.15, 0.2) is 18.2 Å². The van der Waals surface area contributed by atoms with E-state index < -0.39 is 24.4 Å². The molecule has 0 fully saturated rings. The van der Waals surface area contributed by atoms with Crippen LogP contribution < -0.4 is 14.8 Å². The van der Waals surface area contributed by atoms with Crippen molar-refractivity contribution in [1.29, 1.82) is 0 Å². The molecule has 7 heteroatoms. The molecular weight excluding hydrogens is 278 g/mol. The molecule has 4 rings (SSSR count). The van der Waals surface area contributed by atoms with E-state index in [1.54, 1.807) is 12.1 Å². The predicted octanol–water partition coefficient (Wildman–Crippen LogP) is -0.993. The van der Waals surface area contributed by atoms with E-state index in [1.807, 2.05) is 0 Å². The molecule has 0 saturated heterocycles. The van der Waals surface area contributed by atoms with Gasteiger partial charge in [0.05, 0.1) is 11.6 Å². The van der Waals surface area contributed by atoms with Crippen molar-refractivity contribution in [1.82, 2.24) is 5.32 Å². The first kappa shape index (κ1) is 12.6. The Morgan fingerprint density at radius 3 is 2.43 bits per heavy atom. The first-order valence-corrected chi connectivity index (χ1v) is 6.57. The highest BCUT2D eigenvalue weighted by molar-refractivity contribution is 6.05. The van der Waals surface area contributed by atoms with E-state index in [4.69, 9.17) is 9.47 Å². The third-order valence-corrected chi connectivity index (χ3v) is 4.08. The molecule has 1 aromatic rings. The minimum absolute atomic E-state index is 0.0896. The lowest BCUT2D eigenvalue weighted by molar-refractivity contribution is -0.0534. The molecule has 0 aromatic heterocycles. The van der Waals surface area contributed by atoms with Crippen molar-refractivity contribution >= 4 is 11.5 Å². The number of carbonyl (C=O) groups is 1. The van der Waals surface area contributed by atoms with Gasteiger partial charge in [0.15, 0.2) is 11.5 Å². The van der Waals surface area contributed by atoms with Crippen LogP contribution in [0.2, 0.25) is 0 Å². The summed E-state index contributed by atoms with van der Waals surface area (Å²) in [5, 5.41) is 32.3. The Hall–Kier alpha value is -2.09. The van der Waals surface area contributed by atoms with Crippen LogP contribution in [-0.2, 0) is 0 Å². The number of fused-ring (bicyclic) bond motifs is 4. The molecule has 110 valence electrons. The first-order chi connectivity index (χ1) is 10.1. The SMILES string of the molecule is O=C1N[C@H]2C(=C[C@H](O)[C@@H](O)[C@@H]2O)c2cc3c(cc21)OCO3. The Morgan fingerprint density at radius 2 is 1.71 bits per heavy atom. The standard InChI is InChI=1S/C14H13NO6/c16-8-1-6-5-2-9-10(21-4-20-9)3-7(5)14(19)15-11(6)13(18)12(8)17/h1-3,8,11-13,16-18H,4H2,(H,15,19)/t8-,11-,12+,13+/m0/s1. The Morgan fingerprint density at radius 1 is 1.05 bits per heavy atom. The van der Waals surface area contributed by atoms with E-state index in [0.717, 1.165) is 0 Å². The topological polar surface area (TPSA) is 108 Å². The highest BCUT2D eigenvalue weighted by Gasteiger charge is 2.43. The van der Waals surface area contributed by atoms with Gasteiger partial charge in [-0.05, 0) is 29.3 Å². The quantitative estimate of drug-likeness (QED) is 0.489. The Balaban J connectivity index is 1.90. The smallest absolute Gasteiger partial charge is 0.252 e. The second-order valence-electron chi connectivity index (χ2n) is 5.30. The molecule has 2 heterocycles. The largest absolute Gasteiger partial charge is 0.454 e. The number of hydrogen-bond acceptors (Lipinski definition) is 6. The molecule has 1 aliphatic carbocycles. The maximum Gasteiger partial charge on any atom is 0.252 e. The molecule has 2 aliphatic heterocycles. The zero-order valence-corrected chi connectivity index (χ0v) is 10.8. The van der Waals surface area contributed by atoms with Gasteiger partial charge in [-0.15, -0.1) is 0 Å². The van der Waals surface area contributed by atoms with Gasteiger partial charge in [0, 0.05) is 0 Å². The Bertz CT molecular complexity index is 670. The highest BCUT2D eigenvalue weighted by atomic mass is 16.7. The van der Waals surface area contributed by atoms with Crippen molar-refractivity contribution < 1.29 is 29.6 Å². The van der Waals surface area contributed by atoms with Crippen molar-refractivity contribution in [2.24, 2.45) is 0 Å². The minimum Gasteiger partial charge on any atom is -0.454 e. The molecule has 0 saturated carbocycles. The number of ether oxygens (including phenoxy) is 2. The van der Waals surface area contributed by atoms with Crippen LogP contribution in [0.4, 0.5) is 0 Å². The lowest BCUT2D eigenvalue weighted by atomic mass is 9.79. The number of hydrogen-bond donors (Lipinski definition) is 4. The molecular formula is C14H13NO6. The van der Waals surface area contributed by atoms with E-state index in [-0.39, 0.29) is 12.7 Å². The molecule has 4 N–H and O–H groups in total. The summed E-state index contributed by atoms with van der Waals surface area (Å²) in [5.41, 5.74) is 1.52. The number of aliphatic hydroxyl groups is 3. The zero-order chi connectivity index (χ0) is 14.7. The number of carbonyl (C=O) groups excluding carboxylic acids is 1. The number of rotatable bonds is 0. The van der Waals surface area contributed by atoms with Crippen LogP contribution in [0.3, 0.4) is 0 Å². The lowest BCUT2D eigenvalue weighted by Gasteiger charge is -2.39. The first-order valence-electron chi connectivity index (χ1n) is 6.57. The van der Waals surface area contributed by atoms with Gasteiger partial charge in [0.1, 0.15) is 18.3 Å². The average Bonchev–Trinajstić information content (AvgIpc) is 2.92. The van der Waals surface area contributed by atoms with E-state index in [9.17, 15) is 20.1 Å². The van der Waals surface area contributed by atoms with Crippen molar-refractivity contribution in [3.05, 3.63) is 29.3 Å². The number of amides is 1. The van der Waals surface area contributed by atoms with E-state index >= 15 is 0 Å². The Labute approximate surface area is 119 Å². The van der Waals surface area contributed by atoms with Crippen molar-refractivity contribution in [2.75, 3.05) is 6.79 Å². The summed E-state index contributed by atoms with van der Waals surface area (Å²) in [5.74, 6) is 0.631. The molecule has 0 bridgehead atoms. The molecule has 1 aromatic carbocycles. The van der Waals surface area contributed by atoms with E-state index in [1.165, 1.54) is 6.08 Å². The van der Waals surface area contributed by atoms with Gasteiger partial charge in [0.25, 0.3) is 5.91 Å². The van der Waals surface area contributed by atoms with Gasteiger partial charge in [0.2, 0.25) is 6.79 Å². The lowest BCUT2D eigenvalue weighted by Crippen LogP contribution is -2.57. The van der Waals surface area contributed by atoms with E-state index in [2.05, 4.69) is 5.32 Å². The predicted molar refractivity (Wildman–Crippen MR) is 69.8 cm³/mol. The summed E-state index contributed by atoms with van der Waals surface area (Å²) in [6.07, 6.45) is -2.36. The van der Waals surface area contributed by atoms with Gasteiger partial charge in [-0.25, -0.2) is 0 Å². The molecule has 21 heavy (non-hydrogen) atoms. The summed E-state index contributed by atoms with van der Waals surface area (Å²) >= 11 is 0. The zero-order valence-electron chi connectivity index (χ0n) is 10.8. The van der Waals surface area contributed by atoms with Crippen LogP contribution in [0.1, 0.15) is 15.9 Å². The molecule has 0 unspecified atom stereocenters. The van der Waals surface area contributed by atoms with Crippen LogP contribution >= 0.6 is 0 Å². The van der Waals surface area contributed by atoms with Crippen molar-refractivity contribution in [3.8, 4) is 11.5 Å². The summed E-state index contributed by atoms with van der Waals surface area (Å²) in [4.78, 5) is 12.2. The van der Waals surface area contributed by atoms with Crippen LogP contribution in [0.25, 0.3) is 5.57 Å². The molecule has 7 nitrogen and oxygen atoms in total. The summed E-state index contributed by atoms with van der Waals surface area (Å²) in [6.45, 7) is 0.0896. The van der Waals surface area contributed by atoms with Gasteiger partial charge in [-0.3, -0.25) is 4.79 Å². The second kappa shape index (κ2) is 4.20. The van der Waals surface area contributed by atoms with Gasteiger partial charge < -0.3 is 30.1 Å². The van der Waals surface area contributed by atoms with Gasteiger partial charge >= 0.3 is 0 Å². The fourth-order valence-corrected chi connectivity index (χ4v) is 2.98. The summed E-state index contributed by atoms with van der Waals surface area (Å²) < 4.78 is 10.5. The molecule has 1 amide bonds. The summed E-state index contributed by atoms with van der Waals surface area (Å²) in [7, 11) is 0. The Kier molecular flexibility index (Phi) is 2.53. The third-order valence-electron chi connectivity index (χ3n) is 4.08.